The lowest BCUT2D eigenvalue weighted by molar-refractivity contribution is -0.136. The highest BCUT2D eigenvalue weighted by molar-refractivity contribution is 5.77. The van der Waals surface area contributed by atoms with Gasteiger partial charge in [0.1, 0.15) is 0 Å². The molecule has 124 valence electrons. The summed E-state index contributed by atoms with van der Waals surface area (Å²) in [4.78, 5) is 24.6. The van der Waals surface area contributed by atoms with Crippen LogP contribution in [0.1, 0.15) is 30.4 Å². The Hall–Kier alpha value is -1.88. The number of amides is 1. The van der Waals surface area contributed by atoms with Gasteiger partial charge in [-0.3, -0.25) is 14.5 Å². The molecule has 0 unspecified atom stereocenters. The third kappa shape index (κ3) is 3.91. The number of rotatable bonds is 5. The smallest absolute Gasteiger partial charge is 0.307 e. The lowest BCUT2D eigenvalue weighted by Gasteiger charge is -2.24. The number of aliphatic carboxylic acids is 1. The summed E-state index contributed by atoms with van der Waals surface area (Å²) in [5.74, 6) is 0.558. The van der Waals surface area contributed by atoms with Crippen LogP contribution in [0, 0.1) is 11.8 Å². The number of nitrogens with zero attached hydrogens (tertiary/aromatic N) is 1. The summed E-state index contributed by atoms with van der Waals surface area (Å²) in [7, 11) is 2.14. The number of benzene rings is 1. The van der Waals surface area contributed by atoms with Crippen LogP contribution in [0.15, 0.2) is 24.3 Å². The molecule has 0 radical (unpaired) electrons. The van der Waals surface area contributed by atoms with Crippen molar-refractivity contribution in [3.8, 4) is 0 Å². The van der Waals surface area contributed by atoms with Crippen molar-refractivity contribution in [2.75, 3.05) is 13.6 Å². The van der Waals surface area contributed by atoms with Crippen molar-refractivity contribution >= 4 is 11.9 Å². The van der Waals surface area contributed by atoms with Crippen molar-refractivity contribution in [1.82, 2.24) is 10.2 Å². The molecule has 1 saturated carbocycles. The van der Waals surface area contributed by atoms with E-state index in [1.807, 2.05) is 24.3 Å². The maximum absolute atomic E-state index is 11.5. The molecule has 1 aliphatic carbocycles. The van der Waals surface area contributed by atoms with Crippen molar-refractivity contribution in [2.45, 2.75) is 38.3 Å². The summed E-state index contributed by atoms with van der Waals surface area (Å²) in [6.07, 6.45) is 3.01. The van der Waals surface area contributed by atoms with Gasteiger partial charge in [-0.2, -0.15) is 0 Å². The molecule has 1 aromatic rings. The SMILES string of the molecule is CN(Cc1ccc(CC(=O)O)cc1)[C@H]1C[C@H]2CNC(=O)C[C@H]2C1. The molecule has 2 fully saturated rings. The second-order valence-corrected chi connectivity index (χ2v) is 6.96. The number of carbonyl (C=O) groups excluding carboxylic acids is 1. The molecule has 1 heterocycles. The Morgan fingerprint density at radius 2 is 1.87 bits per heavy atom. The quantitative estimate of drug-likeness (QED) is 0.867. The molecule has 0 bridgehead atoms. The highest BCUT2D eigenvalue weighted by Gasteiger charge is 2.39. The van der Waals surface area contributed by atoms with Gasteiger partial charge >= 0.3 is 5.97 Å². The van der Waals surface area contributed by atoms with Crippen molar-refractivity contribution in [1.29, 1.82) is 0 Å². The maximum atomic E-state index is 11.5. The molecule has 1 aromatic carbocycles. The first-order valence-corrected chi connectivity index (χ1v) is 8.28. The third-order valence-corrected chi connectivity index (χ3v) is 5.26. The standard InChI is InChI=1S/C18H24N2O3/c1-20(11-13-4-2-12(3-5-13)6-18(22)23)16-7-14-9-17(21)19-10-15(14)8-16/h2-5,14-16H,6-11H2,1H3,(H,19,21)(H,22,23)/t14-,15+,16-/m1/s1. The minimum atomic E-state index is -0.799. The Balaban J connectivity index is 1.56. The first-order chi connectivity index (χ1) is 11.0. The summed E-state index contributed by atoms with van der Waals surface area (Å²) >= 11 is 0. The minimum absolute atomic E-state index is 0.0726. The summed E-state index contributed by atoms with van der Waals surface area (Å²) in [5.41, 5.74) is 2.03. The van der Waals surface area contributed by atoms with Gasteiger partial charge in [-0.25, -0.2) is 0 Å². The molecule has 1 saturated heterocycles. The Kier molecular flexibility index (Phi) is 4.66. The van der Waals surface area contributed by atoms with E-state index in [0.717, 1.165) is 31.5 Å². The van der Waals surface area contributed by atoms with Gasteiger partial charge < -0.3 is 10.4 Å². The number of carbonyl (C=O) groups is 2. The van der Waals surface area contributed by atoms with Gasteiger partial charge in [0.05, 0.1) is 6.42 Å². The molecule has 2 aliphatic rings. The highest BCUT2D eigenvalue weighted by atomic mass is 16.4. The number of piperidine rings is 1. The number of hydrogen-bond acceptors (Lipinski definition) is 3. The Labute approximate surface area is 136 Å². The number of carboxylic acid groups (broad SMARTS) is 1. The lowest BCUT2D eigenvalue weighted by atomic mass is 9.89. The van der Waals surface area contributed by atoms with Crippen LogP contribution in [0.25, 0.3) is 0 Å². The van der Waals surface area contributed by atoms with Crippen molar-refractivity contribution in [3.05, 3.63) is 35.4 Å². The zero-order valence-corrected chi connectivity index (χ0v) is 13.5. The molecule has 2 N–H and O–H groups in total. The van der Waals surface area contributed by atoms with Crippen LogP contribution in [-0.2, 0) is 22.6 Å². The van der Waals surface area contributed by atoms with E-state index in [0.29, 0.717) is 24.3 Å². The predicted molar refractivity (Wildman–Crippen MR) is 86.9 cm³/mol. The van der Waals surface area contributed by atoms with Crippen LogP contribution in [0.3, 0.4) is 0 Å². The topological polar surface area (TPSA) is 69.6 Å². The normalized spacial score (nSPS) is 26.9. The van der Waals surface area contributed by atoms with Gasteiger partial charge in [0.2, 0.25) is 5.91 Å². The molecule has 0 aromatic heterocycles. The molecule has 0 spiro atoms. The van der Waals surface area contributed by atoms with E-state index in [4.69, 9.17) is 5.11 Å². The molecule has 1 aliphatic heterocycles. The van der Waals surface area contributed by atoms with Crippen LogP contribution in [0.2, 0.25) is 0 Å². The van der Waals surface area contributed by atoms with Crippen molar-refractivity contribution in [2.24, 2.45) is 11.8 Å². The van der Waals surface area contributed by atoms with Gasteiger partial charge in [0, 0.05) is 25.6 Å². The van der Waals surface area contributed by atoms with Gasteiger partial charge in [0.15, 0.2) is 0 Å². The fourth-order valence-corrected chi connectivity index (χ4v) is 3.95. The van der Waals surface area contributed by atoms with Crippen LogP contribution < -0.4 is 5.32 Å². The fraction of sp³-hybridized carbons (Fsp3) is 0.556. The number of carboxylic acids is 1. The van der Waals surface area contributed by atoms with Crippen molar-refractivity contribution < 1.29 is 14.7 Å². The molecule has 23 heavy (non-hydrogen) atoms. The molecule has 5 nitrogen and oxygen atoms in total. The van der Waals surface area contributed by atoms with E-state index >= 15 is 0 Å². The van der Waals surface area contributed by atoms with Crippen LogP contribution in [0.5, 0.6) is 0 Å². The van der Waals surface area contributed by atoms with Crippen LogP contribution in [0.4, 0.5) is 0 Å². The first-order valence-electron chi connectivity index (χ1n) is 8.28. The van der Waals surface area contributed by atoms with Gasteiger partial charge in [-0.1, -0.05) is 24.3 Å². The molecule has 3 atom stereocenters. The van der Waals surface area contributed by atoms with E-state index < -0.39 is 5.97 Å². The Morgan fingerprint density at radius 3 is 2.57 bits per heavy atom. The number of hydrogen-bond donors (Lipinski definition) is 2. The minimum Gasteiger partial charge on any atom is -0.481 e. The summed E-state index contributed by atoms with van der Waals surface area (Å²) in [6, 6.07) is 8.35. The van der Waals surface area contributed by atoms with Crippen LogP contribution in [-0.4, -0.2) is 41.5 Å². The second-order valence-electron chi connectivity index (χ2n) is 6.96. The van der Waals surface area contributed by atoms with E-state index in [1.54, 1.807) is 0 Å². The highest BCUT2D eigenvalue weighted by Crippen LogP contribution is 2.38. The van der Waals surface area contributed by atoms with E-state index in [9.17, 15) is 9.59 Å². The Bertz CT molecular complexity index is 584. The summed E-state index contributed by atoms with van der Waals surface area (Å²) < 4.78 is 0. The van der Waals surface area contributed by atoms with Gasteiger partial charge in [0.25, 0.3) is 0 Å². The van der Waals surface area contributed by atoms with Crippen molar-refractivity contribution in [3.63, 3.8) is 0 Å². The average Bonchev–Trinajstić information content (AvgIpc) is 2.92. The van der Waals surface area contributed by atoms with E-state index in [1.165, 1.54) is 5.56 Å². The zero-order chi connectivity index (χ0) is 16.4. The lowest BCUT2D eigenvalue weighted by Crippen LogP contribution is -2.38. The van der Waals surface area contributed by atoms with Gasteiger partial charge in [-0.15, -0.1) is 0 Å². The average molecular weight is 316 g/mol. The summed E-state index contributed by atoms with van der Waals surface area (Å²) in [5, 5.41) is 11.8. The molecular weight excluding hydrogens is 292 g/mol. The molecule has 1 amide bonds. The maximum Gasteiger partial charge on any atom is 0.307 e. The van der Waals surface area contributed by atoms with E-state index in [-0.39, 0.29) is 12.3 Å². The van der Waals surface area contributed by atoms with Gasteiger partial charge in [-0.05, 0) is 42.9 Å². The predicted octanol–water partition coefficient (Wildman–Crippen LogP) is 1.66. The number of fused-ring (bicyclic) bond motifs is 1. The molecule has 5 heteroatoms. The molecular formula is C18H24N2O3. The largest absolute Gasteiger partial charge is 0.481 e. The fourth-order valence-electron chi connectivity index (χ4n) is 3.95. The van der Waals surface area contributed by atoms with Crippen LogP contribution >= 0.6 is 0 Å². The zero-order valence-electron chi connectivity index (χ0n) is 13.5. The second kappa shape index (κ2) is 6.71. The monoisotopic (exact) mass is 316 g/mol. The first kappa shape index (κ1) is 16.0. The Morgan fingerprint density at radius 1 is 1.22 bits per heavy atom. The number of nitrogens with one attached hydrogen (secondary N) is 1. The van der Waals surface area contributed by atoms with E-state index in [2.05, 4.69) is 17.3 Å². The molecule has 3 rings (SSSR count). The summed E-state index contributed by atoms with van der Waals surface area (Å²) in [6.45, 7) is 1.69. The third-order valence-electron chi connectivity index (χ3n) is 5.26.